The Morgan fingerprint density at radius 3 is 2.96 bits per heavy atom. The third kappa shape index (κ3) is 3.05. The van der Waals surface area contributed by atoms with Crippen molar-refractivity contribution in [3.63, 3.8) is 0 Å². The zero-order chi connectivity index (χ0) is 18.1. The molecular formula is C16H12N6O3S. The Hall–Kier alpha value is -3.53. The molecule has 0 unspecified atom stereocenters. The molecule has 4 rings (SSSR count). The third-order valence-electron chi connectivity index (χ3n) is 3.43. The van der Waals surface area contributed by atoms with Gasteiger partial charge in [-0.15, -0.1) is 11.3 Å². The Labute approximate surface area is 150 Å². The van der Waals surface area contributed by atoms with Crippen LogP contribution in [0.25, 0.3) is 16.6 Å². The van der Waals surface area contributed by atoms with Crippen molar-refractivity contribution in [2.24, 2.45) is 0 Å². The van der Waals surface area contributed by atoms with E-state index in [0.29, 0.717) is 28.1 Å². The van der Waals surface area contributed by atoms with E-state index in [1.807, 2.05) is 18.4 Å². The van der Waals surface area contributed by atoms with E-state index < -0.39 is 5.91 Å². The Bertz CT molecular complexity index is 1100. The third-order valence-corrected chi connectivity index (χ3v) is 4.25. The van der Waals surface area contributed by atoms with E-state index in [9.17, 15) is 9.59 Å². The number of amides is 1. The molecule has 26 heavy (non-hydrogen) atoms. The molecule has 0 saturated heterocycles. The molecule has 0 radical (unpaired) electrons. The van der Waals surface area contributed by atoms with Crippen LogP contribution in [-0.4, -0.2) is 30.9 Å². The van der Waals surface area contributed by atoms with Gasteiger partial charge in [0.25, 0.3) is 11.5 Å². The second kappa shape index (κ2) is 6.41. The first-order valence-corrected chi connectivity index (χ1v) is 8.41. The van der Waals surface area contributed by atoms with Crippen LogP contribution in [0.1, 0.15) is 16.2 Å². The molecule has 10 heteroatoms. The van der Waals surface area contributed by atoms with E-state index in [1.54, 1.807) is 18.4 Å². The molecule has 0 aromatic carbocycles. The molecule has 9 nitrogen and oxygen atoms in total. The van der Waals surface area contributed by atoms with Gasteiger partial charge in [0.05, 0.1) is 12.0 Å². The normalized spacial score (nSPS) is 10.8. The van der Waals surface area contributed by atoms with E-state index in [2.05, 4.69) is 25.6 Å². The fraction of sp³-hybridized carbons (Fsp3) is 0.0625. The monoisotopic (exact) mass is 368 g/mol. The predicted molar refractivity (Wildman–Crippen MR) is 94.5 cm³/mol. The van der Waals surface area contributed by atoms with Crippen molar-refractivity contribution in [1.29, 1.82) is 0 Å². The van der Waals surface area contributed by atoms with Crippen LogP contribution in [0.2, 0.25) is 0 Å². The maximum absolute atomic E-state index is 12.3. The van der Waals surface area contributed by atoms with E-state index in [1.165, 1.54) is 28.2 Å². The summed E-state index contributed by atoms with van der Waals surface area (Å²) in [4.78, 5) is 27.9. The fourth-order valence-electron chi connectivity index (χ4n) is 2.28. The summed E-state index contributed by atoms with van der Waals surface area (Å²) >= 11 is 1.37. The van der Waals surface area contributed by atoms with Crippen molar-refractivity contribution in [1.82, 2.24) is 25.0 Å². The van der Waals surface area contributed by atoms with Crippen LogP contribution in [0, 0.1) is 6.92 Å². The van der Waals surface area contributed by atoms with E-state index in [-0.39, 0.29) is 11.3 Å². The highest BCUT2D eigenvalue weighted by atomic mass is 32.1. The Morgan fingerprint density at radius 1 is 1.35 bits per heavy atom. The quantitative estimate of drug-likeness (QED) is 0.570. The highest BCUT2D eigenvalue weighted by Gasteiger charge is 2.16. The fourth-order valence-corrected chi connectivity index (χ4v) is 3.06. The summed E-state index contributed by atoms with van der Waals surface area (Å²) in [6.45, 7) is 1.81. The van der Waals surface area contributed by atoms with Gasteiger partial charge in [0, 0.05) is 17.5 Å². The van der Waals surface area contributed by atoms with Gasteiger partial charge in [0.1, 0.15) is 17.2 Å². The number of carbonyl (C=O) groups is 1. The molecule has 4 aromatic rings. The summed E-state index contributed by atoms with van der Waals surface area (Å²) in [6, 6.07) is 7.91. The van der Waals surface area contributed by atoms with Gasteiger partial charge < -0.3 is 9.73 Å². The van der Waals surface area contributed by atoms with Gasteiger partial charge in [0.2, 0.25) is 5.13 Å². The van der Waals surface area contributed by atoms with Gasteiger partial charge in [0.15, 0.2) is 5.76 Å². The van der Waals surface area contributed by atoms with Crippen molar-refractivity contribution in [3.8, 4) is 16.6 Å². The van der Waals surface area contributed by atoms with E-state index in [4.69, 9.17) is 4.42 Å². The minimum Gasteiger partial charge on any atom is -0.463 e. The first-order valence-electron chi connectivity index (χ1n) is 7.54. The van der Waals surface area contributed by atoms with Crippen LogP contribution < -0.4 is 10.9 Å². The van der Waals surface area contributed by atoms with Crippen LogP contribution >= 0.6 is 11.3 Å². The molecule has 2 N–H and O–H groups in total. The van der Waals surface area contributed by atoms with Gasteiger partial charge in [-0.2, -0.15) is 14.9 Å². The lowest BCUT2D eigenvalue weighted by atomic mass is 10.3. The van der Waals surface area contributed by atoms with E-state index in [0.717, 1.165) is 0 Å². The van der Waals surface area contributed by atoms with Crippen LogP contribution in [0.15, 0.2) is 51.2 Å². The van der Waals surface area contributed by atoms with Gasteiger partial charge in [-0.05, 0) is 25.1 Å². The lowest BCUT2D eigenvalue weighted by molar-refractivity contribution is 0.102. The average Bonchev–Trinajstić information content (AvgIpc) is 3.35. The molecule has 130 valence electrons. The first kappa shape index (κ1) is 16.0. The van der Waals surface area contributed by atoms with Gasteiger partial charge in [-0.25, -0.2) is 10.1 Å². The number of furan rings is 1. The van der Waals surface area contributed by atoms with Crippen LogP contribution in [0.3, 0.4) is 0 Å². The molecule has 0 fully saturated rings. The Kier molecular flexibility index (Phi) is 3.93. The first-order chi connectivity index (χ1) is 12.6. The zero-order valence-electron chi connectivity index (χ0n) is 13.5. The maximum Gasteiger partial charge on any atom is 0.277 e. The molecule has 0 aliphatic rings. The second-order valence-corrected chi connectivity index (χ2v) is 6.17. The van der Waals surface area contributed by atoms with Gasteiger partial charge >= 0.3 is 0 Å². The number of nitrogens with one attached hydrogen (secondary N) is 2. The molecule has 0 aliphatic heterocycles. The number of H-pyrrole nitrogens is 1. The smallest absolute Gasteiger partial charge is 0.277 e. The lowest BCUT2D eigenvalue weighted by Crippen LogP contribution is -2.19. The van der Waals surface area contributed by atoms with Crippen molar-refractivity contribution in [2.75, 3.05) is 5.32 Å². The number of rotatable bonds is 4. The second-order valence-electron chi connectivity index (χ2n) is 5.34. The minimum atomic E-state index is -0.467. The number of hydrogen-bond acceptors (Lipinski definition) is 7. The number of anilines is 1. The maximum atomic E-state index is 12.3. The van der Waals surface area contributed by atoms with Crippen molar-refractivity contribution in [3.05, 3.63) is 63.7 Å². The molecule has 0 aliphatic carbocycles. The van der Waals surface area contributed by atoms with Crippen LogP contribution in [0.4, 0.5) is 5.82 Å². The lowest BCUT2D eigenvalue weighted by Gasteiger charge is -2.05. The number of hydrogen-bond donors (Lipinski definition) is 2. The summed E-state index contributed by atoms with van der Waals surface area (Å²) in [7, 11) is 0. The summed E-state index contributed by atoms with van der Waals surface area (Å²) < 4.78 is 6.88. The molecule has 4 aromatic heterocycles. The van der Waals surface area contributed by atoms with Crippen LogP contribution in [-0.2, 0) is 0 Å². The Balaban J connectivity index is 1.64. The number of aromatic nitrogens is 5. The standard InChI is InChI=1S/C16H12N6O3S/c1-9-7-13(18-15(24)10-4-5-14(23)20-19-10)22(21-9)16-17-11(8-26-16)12-3-2-6-25-12/h2-8H,1H3,(H,18,24)(H,20,23). The molecule has 0 spiro atoms. The highest BCUT2D eigenvalue weighted by molar-refractivity contribution is 7.12. The minimum absolute atomic E-state index is 0.0883. The van der Waals surface area contributed by atoms with Gasteiger partial charge in [-0.3, -0.25) is 9.59 Å². The SMILES string of the molecule is Cc1cc(NC(=O)c2ccc(=O)[nH]n2)n(-c2nc(-c3ccco3)cs2)n1. The molecule has 0 saturated carbocycles. The number of aromatic amines is 1. The molecule has 4 heterocycles. The van der Waals surface area contributed by atoms with Crippen LogP contribution in [0.5, 0.6) is 0 Å². The zero-order valence-corrected chi connectivity index (χ0v) is 14.3. The van der Waals surface area contributed by atoms with Crippen molar-refractivity contribution in [2.45, 2.75) is 6.92 Å². The number of thiazole rings is 1. The average molecular weight is 368 g/mol. The Morgan fingerprint density at radius 2 is 2.23 bits per heavy atom. The summed E-state index contributed by atoms with van der Waals surface area (Å²) in [5.74, 6) is 0.630. The predicted octanol–water partition coefficient (Wildman–Crippen LogP) is 2.23. The topological polar surface area (TPSA) is 119 Å². The molecule has 0 bridgehead atoms. The van der Waals surface area contributed by atoms with Crippen molar-refractivity contribution >= 4 is 23.1 Å². The molecular weight excluding hydrogens is 356 g/mol. The highest BCUT2D eigenvalue weighted by Crippen LogP contribution is 2.26. The van der Waals surface area contributed by atoms with Crippen molar-refractivity contribution < 1.29 is 9.21 Å². The molecule has 0 atom stereocenters. The summed E-state index contributed by atoms with van der Waals surface area (Å²) in [5.41, 5.74) is 1.10. The largest absolute Gasteiger partial charge is 0.463 e. The summed E-state index contributed by atoms with van der Waals surface area (Å²) in [5, 5.41) is 15.5. The summed E-state index contributed by atoms with van der Waals surface area (Å²) in [6.07, 6.45) is 1.58. The molecule has 1 amide bonds. The number of carbonyl (C=O) groups excluding carboxylic acids is 1. The van der Waals surface area contributed by atoms with E-state index >= 15 is 0 Å². The number of aryl methyl sites for hydroxylation is 1. The van der Waals surface area contributed by atoms with Gasteiger partial charge in [-0.1, -0.05) is 0 Å². The number of nitrogens with zero attached hydrogens (tertiary/aromatic N) is 4.